The van der Waals surface area contributed by atoms with Crippen LogP contribution in [0.2, 0.25) is 0 Å². The highest BCUT2D eigenvalue weighted by molar-refractivity contribution is 9.10. The highest BCUT2D eigenvalue weighted by atomic mass is 79.9. The van der Waals surface area contributed by atoms with Crippen molar-refractivity contribution in [1.29, 1.82) is 0 Å². The topological polar surface area (TPSA) is 65.7 Å². The molecule has 4 rings (SSSR count). The van der Waals surface area contributed by atoms with Crippen molar-refractivity contribution in [2.45, 2.75) is 13.1 Å². The van der Waals surface area contributed by atoms with Gasteiger partial charge in [-0.1, -0.05) is 24.3 Å². The number of para-hydroxylation sites is 1. The maximum atomic E-state index is 13.3. The SMILES string of the molecule is CCOc1c(Br)cc(C=Nn2c(-c3cccc(C(F)(F)F)c3)nc3ccccc3c2=O)cc1OC. The first-order valence-corrected chi connectivity index (χ1v) is 11.3. The van der Waals surface area contributed by atoms with Crippen molar-refractivity contribution < 1.29 is 22.6 Å². The van der Waals surface area contributed by atoms with E-state index in [1.807, 2.05) is 6.92 Å². The molecule has 0 saturated heterocycles. The second kappa shape index (κ2) is 9.91. The average molecular weight is 546 g/mol. The Morgan fingerprint density at radius 1 is 1.11 bits per heavy atom. The molecule has 0 aliphatic rings. The molecule has 35 heavy (non-hydrogen) atoms. The summed E-state index contributed by atoms with van der Waals surface area (Å²) in [5.41, 5.74) is -0.358. The van der Waals surface area contributed by atoms with E-state index in [1.54, 1.807) is 36.4 Å². The van der Waals surface area contributed by atoms with E-state index in [-0.39, 0.29) is 16.8 Å². The molecule has 3 aromatic carbocycles. The number of alkyl halides is 3. The van der Waals surface area contributed by atoms with Crippen molar-refractivity contribution in [2.75, 3.05) is 13.7 Å². The molecule has 0 bridgehead atoms. The summed E-state index contributed by atoms with van der Waals surface area (Å²) in [6.45, 7) is 2.27. The number of aromatic nitrogens is 2. The van der Waals surface area contributed by atoms with Crippen LogP contribution in [0.1, 0.15) is 18.1 Å². The summed E-state index contributed by atoms with van der Waals surface area (Å²) in [6.07, 6.45) is -3.15. The van der Waals surface area contributed by atoms with Crippen LogP contribution in [0.15, 0.2) is 75.0 Å². The summed E-state index contributed by atoms with van der Waals surface area (Å²) in [7, 11) is 1.49. The number of hydrogen-bond donors (Lipinski definition) is 0. The minimum Gasteiger partial charge on any atom is -0.493 e. The van der Waals surface area contributed by atoms with Gasteiger partial charge in [-0.2, -0.15) is 22.9 Å². The Bertz CT molecular complexity index is 1480. The summed E-state index contributed by atoms with van der Waals surface area (Å²) in [6, 6.07) is 14.6. The van der Waals surface area contributed by atoms with E-state index in [0.29, 0.717) is 33.7 Å². The molecule has 0 aliphatic carbocycles. The van der Waals surface area contributed by atoms with Crippen molar-refractivity contribution in [2.24, 2.45) is 5.10 Å². The number of nitrogens with zero attached hydrogens (tertiary/aromatic N) is 3. The average Bonchev–Trinajstić information content (AvgIpc) is 2.84. The van der Waals surface area contributed by atoms with Gasteiger partial charge < -0.3 is 9.47 Å². The molecule has 0 atom stereocenters. The van der Waals surface area contributed by atoms with Gasteiger partial charge in [0.05, 0.1) is 40.9 Å². The smallest absolute Gasteiger partial charge is 0.416 e. The van der Waals surface area contributed by atoms with Crippen LogP contribution >= 0.6 is 15.9 Å². The van der Waals surface area contributed by atoms with Gasteiger partial charge in [0.2, 0.25) is 0 Å². The molecular weight excluding hydrogens is 527 g/mol. The van der Waals surface area contributed by atoms with E-state index in [4.69, 9.17) is 9.47 Å². The lowest BCUT2D eigenvalue weighted by Crippen LogP contribution is -2.20. The maximum Gasteiger partial charge on any atom is 0.416 e. The van der Waals surface area contributed by atoms with E-state index < -0.39 is 17.3 Å². The van der Waals surface area contributed by atoms with Crippen molar-refractivity contribution in [1.82, 2.24) is 9.66 Å². The Labute approximate surface area is 206 Å². The van der Waals surface area contributed by atoms with E-state index in [0.717, 1.165) is 16.8 Å². The minimum atomic E-state index is -4.55. The Hall–Kier alpha value is -3.66. The molecule has 0 amide bonds. The lowest BCUT2D eigenvalue weighted by Gasteiger charge is -2.13. The van der Waals surface area contributed by atoms with Gasteiger partial charge in [-0.25, -0.2) is 4.98 Å². The van der Waals surface area contributed by atoms with Crippen LogP contribution in [-0.4, -0.2) is 29.6 Å². The van der Waals surface area contributed by atoms with Gasteiger partial charge in [0, 0.05) is 5.56 Å². The van der Waals surface area contributed by atoms with Gasteiger partial charge in [-0.3, -0.25) is 4.79 Å². The molecular formula is C25H19BrF3N3O3. The number of rotatable bonds is 6. The summed E-state index contributed by atoms with van der Waals surface area (Å²) in [4.78, 5) is 17.7. The third-order valence-electron chi connectivity index (χ3n) is 5.06. The zero-order valence-electron chi connectivity index (χ0n) is 18.6. The standard InChI is InChI=1S/C25H19BrF3N3O3/c1-3-35-22-19(26)11-15(12-21(22)34-2)14-30-32-23(16-7-6-8-17(13-16)25(27,28)29)31-20-10-5-4-9-18(20)24(32)33/h4-14H,3H2,1-2H3. The lowest BCUT2D eigenvalue weighted by molar-refractivity contribution is -0.137. The van der Waals surface area contributed by atoms with Crippen LogP contribution in [-0.2, 0) is 6.18 Å². The molecule has 1 heterocycles. The first kappa shape index (κ1) is 24.5. The minimum absolute atomic E-state index is 0.0204. The molecule has 0 spiro atoms. The Balaban J connectivity index is 1.90. The van der Waals surface area contributed by atoms with Gasteiger partial charge in [0.1, 0.15) is 0 Å². The molecule has 0 N–H and O–H groups in total. The van der Waals surface area contributed by atoms with E-state index in [1.165, 1.54) is 25.5 Å². The molecule has 0 unspecified atom stereocenters. The van der Waals surface area contributed by atoms with Crippen LogP contribution in [0.4, 0.5) is 13.2 Å². The molecule has 0 aliphatic heterocycles. The van der Waals surface area contributed by atoms with Gasteiger partial charge in [-0.05, 0) is 64.8 Å². The van der Waals surface area contributed by atoms with Crippen LogP contribution < -0.4 is 15.0 Å². The molecule has 4 aromatic rings. The molecule has 1 aromatic heterocycles. The van der Waals surface area contributed by atoms with E-state index in [9.17, 15) is 18.0 Å². The van der Waals surface area contributed by atoms with Gasteiger partial charge in [-0.15, -0.1) is 0 Å². The molecule has 10 heteroatoms. The maximum absolute atomic E-state index is 13.3. The number of halogens is 4. The molecule has 6 nitrogen and oxygen atoms in total. The number of ether oxygens (including phenoxy) is 2. The van der Waals surface area contributed by atoms with E-state index in [2.05, 4.69) is 26.0 Å². The predicted octanol–water partition coefficient (Wildman–Crippen LogP) is 6.13. The largest absolute Gasteiger partial charge is 0.493 e. The van der Waals surface area contributed by atoms with Crippen molar-refractivity contribution >= 4 is 33.0 Å². The number of hydrogen-bond acceptors (Lipinski definition) is 5. The fourth-order valence-corrected chi connectivity index (χ4v) is 4.05. The first-order chi connectivity index (χ1) is 16.7. The molecule has 180 valence electrons. The fraction of sp³-hybridized carbons (Fsp3) is 0.160. The highest BCUT2D eigenvalue weighted by Gasteiger charge is 2.31. The lowest BCUT2D eigenvalue weighted by atomic mass is 10.1. The van der Waals surface area contributed by atoms with Crippen LogP contribution in [0, 0.1) is 0 Å². The van der Waals surface area contributed by atoms with Crippen molar-refractivity contribution in [3.63, 3.8) is 0 Å². The summed E-state index contributed by atoms with van der Waals surface area (Å²) >= 11 is 3.44. The quantitative estimate of drug-likeness (QED) is 0.273. The van der Waals surface area contributed by atoms with E-state index >= 15 is 0 Å². The summed E-state index contributed by atoms with van der Waals surface area (Å²) in [5.74, 6) is 0.944. The molecule has 0 fully saturated rings. The first-order valence-electron chi connectivity index (χ1n) is 10.5. The fourth-order valence-electron chi connectivity index (χ4n) is 3.48. The highest BCUT2D eigenvalue weighted by Crippen LogP contribution is 2.36. The van der Waals surface area contributed by atoms with Crippen LogP contribution in [0.5, 0.6) is 11.5 Å². The zero-order chi connectivity index (χ0) is 25.2. The third kappa shape index (κ3) is 5.07. The Kier molecular flexibility index (Phi) is 6.93. The molecule has 0 radical (unpaired) electrons. The van der Waals surface area contributed by atoms with Gasteiger partial charge in [0.15, 0.2) is 17.3 Å². The third-order valence-corrected chi connectivity index (χ3v) is 5.65. The second-order valence-electron chi connectivity index (χ2n) is 7.36. The monoisotopic (exact) mass is 545 g/mol. The number of benzene rings is 3. The number of fused-ring (bicyclic) bond motifs is 1. The summed E-state index contributed by atoms with van der Waals surface area (Å²) < 4.78 is 52.6. The van der Waals surface area contributed by atoms with Gasteiger partial charge >= 0.3 is 6.18 Å². The Morgan fingerprint density at radius 2 is 1.89 bits per heavy atom. The summed E-state index contributed by atoms with van der Waals surface area (Å²) in [5, 5.41) is 4.59. The predicted molar refractivity (Wildman–Crippen MR) is 131 cm³/mol. The second-order valence-corrected chi connectivity index (χ2v) is 8.21. The Morgan fingerprint density at radius 3 is 2.60 bits per heavy atom. The van der Waals surface area contributed by atoms with Crippen LogP contribution in [0.25, 0.3) is 22.3 Å². The molecule has 0 saturated carbocycles. The normalized spacial score (nSPS) is 11.8. The van der Waals surface area contributed by atoms with Crippen molar-refractivity contribution in [3.8, 4) is 22.9 Å². The number of methoxy groups -OCH3 is 1. The zero-order valence-corrected chi connectivity index (χ0v) is 20.2. The van der Waals surface area contributed by atoms with Gasteiger partial charge in [0.25, 0.3) is 5.56 Å². The van der Waals surface area contributed by atoms with Crippen LogP contribution in [0.3, 0.4) is 0 Å². The van der Waals surface area contributed by atoms with Crippen molar-refractivity contribution in [3.05, 3.63) is 86.6 Å².